The van der Waals surface area contributed by atoms with Gasteiger partial charge in [-0.2, -0.15) is 0 Å². The van der Waals surface area contributed by atoms with Gasteiger partial charge in [0.15, 0.2) is 0 Å². The van der Waals surface area contributed by atoms with Gasteiger partial charge in [-0.15, -0.1) is 0 Å². The molecule has 0 heterocycles. The smallest absolute Gasteiger partial charge is 0.257 e. The van der Waals surface area contributed by atoms with E-state index in [-0.39, 0.29) is 17.1 Å². The van der Waals surface area contributed by atoms with Crippen molar-refractivity contribution in [3.05, 3.63) is 28.2 Å². The third-order valence-electron chi connectivity index (χ3n) is 2.75. The van der Waals surface area contributed by atoms with Gasteiger partial charge in [0.2, 0.25) is 0 Å². The third kappa shape index (κ3) is 3.71. The molecule has 0 aliphatic heterocycles. The first-order valence-corrected chi connectivity index (χ1v) is 6.50. The number of halogens is 1. The minimum atomic E-state index is -0.207. The van der Waals surface area contributed by atoms with Gasteiger partial charge in [0, 0.05) is 18.1 Å². The van der Waals surface area contributed by atoms with Crippen LogP contribution < -0.4 is 5.73 Å². The molecule has 18 heavy (non-hydrogen) atoms. The molecule has 0 aliphatic rings. The molecule has 5 heteroatoms. The maximum Gasteiger partial charge on any atom is 0.257 e. The monoisotopic (exact) mass is 314 g/mol. The van der Waals surface area contributed by atoms with Crippen molar-refractivity contribution in [2.24, 2.45) is 11.1 Å². The average Bonchev–Trinajstić information content (AvgIpc) is 2.27. The highest BCUT2D eigenvalue weighted by Gasteiger charge is 2.23. The summed E-state index contributed by atoms with van der Waals surface area (Å²) in [5.74, 6) is -0.228. The standard InChI is InChI=1S/C13H19BrN2O2/c1-13(2,7-15)8-16(3)12(18)10-5-4-9(14)6-11(10)17/h4-6,17H,7-8,15H2,1-3H3. The maximum atomic E-state index is 12.2. The lowest BCUT2D eigenvalue weighted by Gasteiger charge is -2.29. The molecule has 0 aliphatic carbocycles. The number of benzene rings is 1. The van der Waals surface area contributed by atoms with Crippen molar-refractivity contribution in [3.63, 3.8) is 0 Å². The van der Waals surface area contributed by atoms with E-state index in [4.69, 9.17) is 5.73 Å². The summed E-state index contributed by atoms with van der Waals surface area (Å²) in [4.78, 5) is 13.8. The molecule has 1 aromatic carbocycles. The Morgan fingerprint density at radius 3 is 2.61 bits per heavy atom. The van der Waals surface area contributed by atoms with Gasteiger partial charge in [-0.1, -0.05) is 29.8 Å². The number of nitrogens with zero attached hydrogens (tertiary/aromatic N) is 1. The lowest BCUT2D eigenvalue weighted by atomic mass is 9.93. The fraction of sp³-hybridized carbons (Fsp3) is 0.462. The summed E-state index contributed by atoms with van der Waals surface area (Å²) in [6.45, 7) is 5.03. The molecular weight excluding hydrogens is 296 g/mol. The Labute approximate surface area is 116 Å². The first-order chi connectivity index (χ1) is 8.26. The van der Waals surface area contributed by atoms with Crippen molar-refractivity contribution in [3.8, 4) is 5.75 Å². The van der Waals surface area contributed by atoms with Crippen molar-refractivity contribution in [2.45, 2.75) is 13.8 Å². The molecule has 0 fully saturated rings. The predicted molar refractivity (Wildman–Crippen MR) is 75.6 cm³/mol. The number of rotatable bonds is 4. The Kier molecular flexibility index (Phi) is 4.76. The molecule has 0 radical (unpaired) electrons. The molecule has 0 bridgehead atoms. The van der Waals surface area contributed by atoms with E-state index in [2.05, 4.69) is 15.9 Å². The molecule has 0 atom stereocenters. The van der Waals surface area contributed by atoms with Crippen LogP contribution in [0.25, 0.3) is 0 Å². The lowest BCUT2D eigenvalue weighted by molar-refractivity contribution is 0.0737. The molecule has 100 valence electrons. The SMILES string of the molecule is CN(CC(C)(C)CN)C(=O)c1ccc(Br)cc1O. The van der Waals surface area contributed by atoms with Crippen molar-refractivity contribution >= 4 is 21.8 Å². The number of phenols is 1. The summed E-state index contributed by atoms with van der Waals surface area (Å²) in [6.07, 6.45) is 0. The highest BCUT2D eigenvalue weighted by molar-refractivity contribution is 9.10. The van der Waals surface area contributed by atoms with Crippen molar-refractivity contribution in [1.29, 1.82) is 0 Å². The number of phenolic OH excluding ortho intramolecular Hbond substituents is 1. The van der Waals surface area contributed by atoms with Gasteiger partial charge in [-0.3, -0.25) is 4.79 Å². The van der Waals surface area contributed by atoms with Crippen LogP contribution >= 0.6 is 15.9 Å². The summed E-state index contributed by atoms with van der Waals surface area (Å²) < 4.78 is 0.737. The largest absolute Gasteiger partial charge is 0.507 e. The Balaban J connectivity index is 2.87. The summed E-state index contributed by atoms with van der Waals surface area (Å²) in [5.41, 5.74) is 5.81. The summed E-state index contributed by atoms with van der Waals surface area (Å²) in [7, 11) is 1.71. The van der Waals surface area contributed by atoms with Gasteiger partial charge in [-0.25, -0.2) is 0 Å². The van der Waals surface area contributed by atoms with Crippen LogP contribution in [-0.4, -0.2) is 36.1 Å². The zero-order valence-electron chi connectivity index (χ0n) is 10.9. The van der Waals surface area contributed by atoms with E-state index >= 15 is 0 Å². The van der Waals surface area contributed by atoms with Gasteiger partial charge in [0.05, 0.1) is 5.56 Å². The van der Waals surface area contributed by atoms with Crippen LogP contribution in [-0.2, 0) is 0 Å². The van der Waals surface area contributed by atoms with Crippen LogP contribution in [0, 0.1) is 5.41 Å². The molecule has 1 amide bonds. The molecule has 0 saturated heterocycles. The minimum Gasteiger partial charge on any atom is -0.507 e. The number of carbonyl (C=O) groups is 1. The molecule has 3 N–H and O–H groups in total. The maximum absolute atomic E-state index is 12.2. The molecular formula is C13H19BrN2O2. The van der Waals surface area contributed by atoms with E-state index in [1.165, 1.54) is 6.07 Å². The predicted octanol–water partition coefficient (Wildman–Crippen LogP) is 2.21. The van der Waals surface area contributed by atoms with Gasteiger partial charge in [0.1, 0.15) is 5.75 Å². The van der Waals surface area contributed by atoms with E-state index < -0.39 is 0 Å². The zero-order valence-corrected chi connectivity index (χ0v) is 12.5. The van der Waals surface area contributed by atoms with Gasteiger partial charge >= 0.3 is 0 Å². The topological polar surface area (TPSA) is 66.6 Å². The number of carbonyl (C=O) groups excluding carboxylic acids is 1. The number of hydrogen-bond donors (Lipinski definition) is 2. The molecule has 1 rings (SSSR count). The first kappa shape index (κ1) is 15.0. The van der Waals surface area contributed by atoms with E-state index in [1.54, 1.807) is 24.1 Å². The van der Waals surface area contributed by atoms with Crippen molar-refractivity contribution in [2.75, 3.05) is 20.1 Å². The highest BCUT2D eigenvalue weighted by atomic mass is 79.9. The van der Waals surface area contributed by atoms with E-state index in [9.17, 15) is 9.90 Å². The molecule has 0 spiro atoms. The molecule has 0 saturated carbocycles. The average molecular weight is 315 g/mol. The fourth-order valence-electron chi connectivity index (χ4n) is 1.67. The molecule has 1 aromatic rings. The fourth-order valence-corrected chi connectivity index (χ4v) is 2.02. The van der Waals surface area contributed by atoms with Gasteiger partial charge < -0.3 is 15.7 Å². The second-order valence-corrected chi connectivity index (χ2v) is 6.11. The van der Waals surface area contributed by atoms with Crippen LogP contribution in [0.15, 0.2) is 22.7 Å². The van der Waals surface area contributed by atoms with Gasteiger partial charge in [0.25, 0.3) is 5.91 Å². The Hall–Kier alpha value is -1.07. The normalized spacial score (nSPS) is 11.4. The number of nitrogens with two attached hydrogens (primary N) is 1. The van der Waals surface area contributed by atoms with Crippen LogP contribution in [0.5, 0.6) is 5.75 Å². The Morgan fingerprint density at radius 2 is 2.11 bits per heavy atom. The second kappa shape index (κ2) is 5.71. The lowest BCUT2D eigenvalue weighted by Crippen LogP contribution is -2.39. The second-order valence-electron chi connectivity index (χ2n) is 5.19. The van der Waals surface area contributed by atoms with E-state index in [1.807, 2.05) is 13.8 Å². The number of hydrogen-bond acceptors (Lipinski definition) is 3. The summed E-state index contributed by atoms with van der Waals surface area (Å²) in [5, 5.41) is 9.76. The Morgan fingerprint density at radius 1 is 1.50 bits per heavy atom. The van der Waals surface area contributed by atoms with Crippen LogP contribution in [0.2, 0.25) is 0 Å². The first-order valence-electron chi connectivity index (χ1n) is 5.71. The van der Waals surface area contributed by atoms with E-state index in [0.717, 1.165) is 4.47 Å². The minimum absolute atomic E-state index is 0.0215. The number of amides is 1. The van der Waals surface area contributed by atoms with Crippen LogP contribution in [0.1, 0.15) is 24.2 Å². The molecule has 4 nitrogen and oxygen atoms in total. The van der Waals surface area contributed by atoms with Crippen molar-refractivity contribution < 1.29 is 9.90 Å². The summed E-state index contributed by atoms with van der Waals surface area (Å²) in [6, 6.07) is 4.84. The van der Waals surface area contributed by atoms with E-state index in [0.29, 0.717) is 18.7 Å². The van der Waals surface area contributed by atoms with Gasteiger partial charge in [-0.05, 0) is 30.2 Å². The van der Waals surface area contributed by atoms with Crippen LogP contribution in [0.3, 0.4) is 0 Å². The molecule has 0 unspecified atom stereocenters. The number of aromatic hydroxyl groups is 1. The zero-order chi connectivity index (χ0) is 13.9. The van der Waals surface area contributed by atoms with Crippen molar-refractivity contribution in [1.82, 2.24) is 4.90 Å². The van der Waals surface area contributed by atoms with Crippen LogP contribution in [0.4, 0.5) is 0 Å². The highest BCUT2D eigenvalue weighted by Crippen LogP contribution is 2.24. The summed E-state index contributed by atoms with van der Waals surface area (Å²) >= 11 is 3.24. The quantitative estimate of drug-likeness (QED) is 0.895. The Bertz CT molecular complexity index is 447. The molecule has 0 aromatic heterocycles. The third-order valence-corrected chi connectivity index (χ3v) is 3.25.